The Morgan fingerprint density at radius 3 is 1.70 bits per heavy atom. The van der Waals surface area contributed by atoms with Gasteiger partial charge in [0.1, 0.15) is 0 Å². The van der Waals surface area contributed by atoms with Crippen molar-refractivity contribution in [2.45, 2.75) is 0 Å². The minimum absolute atomic E-state index is 1.12. The number of anilines is 3. The zero-order chi connectivity index (χ0) is 35.6. The van der Waals surface area contributed by atoms with Gasteiger partial charge in [0.2, 0.25) is 0 Å². The molecule has 0 bridgehead atoms. The molecule has 0 N–H and O–H groups in total. The first-order valence-electron chi connectivity index (χ1n) is 18.5. The average Bonchev–Trinajstić information content (AvgIpc) is 3.59. The maximum atomic E-state index is 2.41. The van der Waals surface area contributed by atoms with Crippen LogP contribution in [0.4, 0.5) is 17.1 Å². The third kappa shape index (κ3) is 5.15. The van der Waals surface area contributed by atoms with Crippen molar-refractivity contribution in [3.8, 4) is 22.3 Å². The van der Waals surface area contributed by atoms with Gasteiger partial charge >= 0.3 is 0 Å². The van der Waals surface area contributed by atoms with E-state index in [9.17, 15) is 0 Å². The highest BCUT2D eigenvalue weighted by atomic mass is 32.1. The lowest BCUT2D eigenvalue weighted by Gasteiger charge is -2.26. The summed E-state index contributed by atoms with van der Waals surface area (Å²) in [7, 11) is 0. The van der Waals surface area contributed by atoms with E-state index in [0.29, 0.717) is 0 Å². The van der Waals surface area contributed by atoms with E-state index in [1.54, 1.807) is 0 Å². The predicted molar refractivity (Wildman–Crippen MR) is 235 cm³/mol. The molecule has 1 aromatic heterocycles. The van der Waals surface area contributed by atoms with Gasteiger partial charge in [-0.15, -0.1) is 11.3 Å². The molecule has 0 saturated heterocycles. The molecule has 2 heteroatoms. The number of hydrogen-bond donors (Lipinski definition) is 0. The maximum absolute atomic E-state index is 2.41. The Labute approximate surface area is 317 Å². The normalized spacial score (nSPS) is 11.7. The molecular weight excluding hydrogens is 671 g/mol. The van der Waals surface area contributed by atoms with Gasteiger partial charge in [0.15, 0.2) is 0 Å². The highest BCUT2D eigenvalue weighted by molar-refractivity contribution is 7.25. The van der Waals surface area contributed by atoms with Crippen LogP contribution in [0.2, 0.25) is 0 Å². The van der Waals surface area contributed by atoms with Crippen LogP contribution in [0.1, 0.15) is 0 Å². The first-order chi connectivity index (χ1) is 26.7. The second-order valence-electron chi connectivity index (χ2n) is 14.2. The van der Waals surface area contributed by atoms with E-state index in [4.69, 9.17) is 0 Å². The topological polar surface area (TPSA) is 3.24 Å². The zero-order valence-electron chi connectivity index (χ0n) is 29.4. The van der Waals surface area contributed by atoms with Gasteiger partial charge in [0, 0.05) is 37.2 Å². The summed E-state index contributed by atoms with van der Waals surface area (Å²) < 4.78 is 2.60. The lowest BCUT2D eigenvalue weighted by atomic mass is 9.93. The standard InChI is InChI=1S/C52H33NS/c1-2-11-36-28-39(21-20-34(36)10-1)35-22-24-42(25-23-35)53(44-26-27-48-50-30-37-12-3-4-13-38(37)32-51(50)54-52(48)33-44)43-16-9-15-40(29-43)49-31-41-14-5-6-17-45(41)46-18-7-8-19-47(46)49/h1-33H. The fourth-order valence-corrected chi connectivity index (χ4v) is 9.48. The molecule has 0 amide bonds. The Bertz CT molecular complexity index is 3230. The molecule has 0 aliphatic rings. The van der Waals surface area contributed by atoms with Crippen LogP contribution in [0.5, 0.6) is 0 Å². The van der Waals surface area contributed by atoms with Crippen molar-refractivity contribution < 1.29 is 0 Å². The van der Waals surface area contributed by atoms with Crippen LogP contribution in [0, 0.1) is 0 Å². The molecule has 0 saturated carbocycles. The number of nitrogens with zero attached hydrogens (tertiary/aromatic N) is 1. The molecular formula is C52H33NS. The fourth-order valence-electron chi connectivity index (χ4n) is 8.31. The van der Waals surface area contributed by atoms with E-state index in [-0.39, 0.29) is 0 Å². The molecule has 0 unspecified atom stereocenters. The van der Waals surface area contributed by atoms with Crippen LogP contribution in [-0.4, -0.2) is 0 Å². The van der Waals surface area contributed by atoms with Gasteiger partial charge in [-0.05, 0) is 126 Å². The smallest absolute Gasteiger partial charge is 0.0476 e. The Morgan fingerprint density at radius 2 is 0.889 bits per heavy atom. The van der Waals surface area contributed by atoms with E-state index in [1.807, 2.05) is 11.3 Å². The monoisotopic (exact) mass is 703 g/mol. The van der Waals surface area contributed by atoms with E-state index in [0.717, 1.165) is 17.1 Å². The molecule has 11 rings (SSSR count). The summed E-state index contributed by atoms with van der Waals surface area (Å²) in [5.41, 5.74) is 8.23. The zero-order valence-corrected chi connectivity index (χ0v) is 30.2. The van der Waals surface area contributed by atoms with Crippen LogP contribution in [0.15, 0.2) is 200 Å². The van der Waals surface area contributed by atoms with E-state index in [2.05, 4.69) is 205 Å². The Kier molecular flexibility index (Phi) is 7.11. The molecule has 0 spiro atoms. The van der Waals surface area contributed by atoms with E-state index in [1.165, 1.54) is 85.5 Å². The average molecular weight is 704 g/mol. The van der Waals surface area contributed by atoms with Crippen molar-refractivity contribution in [2.24, 2.45) is 0 Å². The predicted octanol–water partition coefficient (Wildman–Crippen LogP) is 15.5. The van der Waals surface area contributed by atoms with Crippen LogP contribution in [-0.2, 0) is 0 Å². The molecule has 0 aliphatic carbocycles. The molecule has 11 aromatic rings. The molecule has 0 fully saturated rings. The molecule has 10 aromatic carbocycles. The van der Waals surface area contributed by atoms with Crippen LogP contribution in [0.3, 0.4) is 0 Å². The fraction of sp³-hybridized carbons (Fsp3) is 0. The number of thiophene rings is 1. The van der Waals surface area contributed by atoms with Gasteiger partial charge < -0.3 is 4.90 Å². The van der Waals surface area contributed by atoms with Gasteiger partial charge in [0.25, 0.3) is 0 Å². The highest BCUT2D eigenvalue weighted by Gasteiger charge is 2.17. The van der Waals surface area contributed by atoms with Gasteiger partial charge in [-0.2, -0.15) is 0 Å². The SMILES string of the molecule is c1cc(-c2cc3ccccc3c3ccccc23)cc(N(c2ccc(-c3ccc4ccccc4c3)cc2)c2ccc3c(c2)sc2cc4ccccc4cc23)c1. The van der Waals surface area contributed by atoms with Crippen LogP contribution in [0.25, 0.3) is 85.5 Å². The van der Waals surface area contributed by atoms with Crippen molar-refractivity contribution in [1.82, 2.24) is 0 Å². The third-order valence-corrected chi connectivity index (χ3v) is 12.1. The minimum Gasteiger partial charge on any atom is -0.310 e. The molecule has 0 radical (unpaired) electrons. The summed E-state index contributed by atoms with van der Waals surface area (Å²) >= 11 is 1.87. The van der Waals surface area contributed by atoms with E-state index >= 15 is 0 Å². The second-order valence-corrected chi connectivity index (χ2v) is 15.2. The number of fused-ring (bicyclic) bond motifs is 8. The van der Waals surface area contributed by atoms with Crippen molar-refractivity contribution in [3.05, 3.63) is 200 Å². The molecule has 54 heavy (non-hydrogen) atoms. The highest BCUT2D eigenvalue weighted by Crippen LogP contribution is 2.44. The first-order valence-corrected chi connectivity index (χ1v) is 19.3. The molecule has 0 atom stereocenters. The molecule has 1 nitrogen and oxygen atoms in total. The quantitative estimate of drug-likeness (QED) is 0.161. The molecule has 1 heterocycles. The lowest BCUT2D eigenvalue weighted by Crippen LogP contribution is -2.10. The summed E-state index contributed by atoms with van der Waals surface area (Å²) in [6, 6.07) is 73.6. The second kappa shape index (κ2) is 12.4. The summed E-state index contributed by atoms with van der Waals surface area (Å²) in [6.07, 6.45) is 0. The summed E-state index contributed by atoms with van der Waals surface area (Å²) in [4.78, 5) is 2.41. The first kappa shape index (κ1) is 30.8. The van der Waals surface area contributed by atoms with Gasteiger partial charge in [-0.1, -0.05) is 140 Å². The number of benzene rings is 10. The third-order valence-electron chi connectivity index (χ3n) is 11.0. The van der Waals surface area contributed by atoms with Crippen LogP contribution < -0.4 is 4.90 Å². The van der Waals surface area contributed by atoms with E-state index < -0.39 is 0 Å². The Hall–Kier alpha value is -6.74. The van der Waals surface area contributed by atoms with Gasteiger partial charge in [0.05, 0.1) is 0 Å². The maximum Gasteiger partial charge on any atom is 0.0476 e. The van der Waals surface area contributed by atoms with Crippen molar-refractivity contribution >= 4 is 91.7 Å². The van der Waals surface area contributed by atoms with Gasteiger partial charge in [-0.3, -0.25) is 0 Å². The summed E-state index contributed by atoms with van der Waals surface area (Å²) in [6.45, 7) is 0. The van der Waals surface area contributed by atoms with Crippen molar-refractivity contribution in [2.75, 3.05) is 4.90 Å². The Morgan fingerprint density at radius 1 is 0.278 bits per heavy atom. The lowest BCUT2D eigenvalue weighted by molar-refractivity contribution is 1.29. The molecule has 252 valence electrons. The van der Waals surface area contributed by atoms with Crippen molar-refractivity contribution in [3.63, 3.8) is 0 Å². The van der Waals surface area contributed by atoms with Crippen molar-refractivity contribution in [1.29, 1.82) is 0 Å². The molecule has 0 aliphatic heterocycles. The minimum atomic E-state index is 1.12. The summed E-state index contributed by atoms with van der Waals surface area (Å²) in [5.74, 6) is 0. The number of rotatable bonds is 5. The van der Waals surface area contributed by atoms with Crippen LogP contribution >= 0.6 is 11.3 Å². The Balaban J connectivity index is 1.08. The number of hydrogen-bond acceptors (Lipinski definition) is 2. The largest absolute Gasteiger partial charge is 0.310 e. The summed E-state index contributed by atoms with van der Waals surface area (Å²) in [5, 5.41) is 12.8. The van der Waals surface area contributed by atoms with Gasteiger partial charge in [-0.25, -0.2) is 0 Å².